The Bertz CT molecular complexity index is 956. The number of anilines is 1. The fourth-order valence-corrected chi connectivity index (χ4v) is 4.27. The maximum absolute atomic E-state index is 12.8. The summed E-state index contributed by atoms with van der Waals surface area (Å²) in [5, 5.41) is 2.89. The molecule has 2 aromatic carbocycles. The van der Waals surface area contributed by atoms with Crippen molar-refractivity contribution in [1.29, 1.82) is 0 Å². The SMILES string of the molecule is O=C(NCc1ccc2c(c1)OCO2)[C@H]1CCN(c2ccc3c(c2)CCC3)C1=O. The van der Waals surface area contributed by atoms with E-state index in [4.69, 9.17) is 9.47 Å². The van der Waals surface area contributed by atoms with Gasteiger partial charge in [0.05, 0.1) is 0 Å². The van der Waals surface area contributed by atoms with Gasteiger partial charge in [0.15, 0.2) is 11.5 Å². The molecule has 0 unspecified atom stereocenters. The minimum atomic E-state index is -0.623. The zero-order chi connectivity index (χ0) is 19.1. The van der Waals surface area contributed by atoms with Gasteiger partial charge in [-0.2, -0.15) is 0 Å². The molecule has 1 atom stereocenters. The van der Waals surface area contributed by atoms with Gasteiger partial charge in [0.2, 0.25) is 18.6 Å². The van der Waals surface area contributed by atoms with Crippen molar-refractivity contribution in [3.05, 3.63) is 53.1 Å². The summed E-state index contributed by atoms with van der Waals surface area (Å²) >= 11 is 0. The van der Waals surface area contributed by atoms with E-state index in [1.54, 1.807) is 4.90 Å². The van der Waals surface area contributed by atoms with Crippen LogP contribution in [0.4, 0.5) is 5.69 Å². The number of rotatable bonds is 4. The molecule has 1 N–H and O–H groups in total. The van der Waals surface area contributed by atoms with E-state index in [0.29, 0.717) is 31.0 Å². The molecule has 1 fully saturated rings. The monoisotopic (exact) mass is 378 g/mol. The summed E-state index contributed by atoms with van der Waals surface area (Å²) in [7, 11) is 0. The molecule has 2 heterocycles. The number of ether oxygens (including phenoxy) is 2. The topological polar surface area (TPSA) is 67.9 Å². The molecule has 0 radical (unpaired) electrons. The number of amides is 2. The number of fused-ring (bicyclic) bond motifs is 2. The van der Waals surface area contributed by atoms with Crippen molar-refractivity contribution in [2.75, 3.05) is 18.2 Å². The Balaban J connectivity index is 1.23. The third-order valence-corrected chi connectivity index (χ3v) is 5.82. The lowest BCUT2D eigenvalue weighted by molar-refractivity contribution is -0.132. The van der Waals surface area contributed by atoms with E-state index in [2.05, 4.69) is 17.4 Å². The fraction of sp³-hybridized carbons (Fsp3) is 0.364. The molecule has 144 valence electrons. The van der Waals surface area contributed by atoms with E-state index in [1.165, 1.54) is 17.5 Å². The van der Waals surface area contributed by atoms with Gasteiger partial charge >= 0.3 is 0 Å². The lowest BCUT2D eigenvalue weighted by Crippen LogP contribution is -2.36. The number of hydrogen-bond acceptors (Lipinski definition) is 4. The van der Waals surface area contributed by atoms with Crippen LogP contribution >= 0.6 is 0 Å². The molecule has 0 aromatic heterocycles. The van der Waals surface area contributed by atoms with Crippen molar-refractivity contribution in [3.8, 4) is 11.5 Å². The van der Waals surface area contributed by atoms with Gasteiger partial charge < -0.3 is 19.7 Å². The van der Waals surface area contributed by atoms with E-state index >= 15 is 0 Å². The normalized spacial score (nSPS) is 19.8. The quantitative estimate of drug-likeness (QED) is 0.831. The van der Waals surface area contributed by atoms with Gasteiger partial charge in [-0.25, -0.2) is 0 Å². The molecular weight excluding hydrogens is 356 g/mol. The van der Waals surface area contributed by atoms with Crippen LogP contribution in [0.1, 0.15) is 29.5 Å². The zero-order valence-corrected chi connectivity index (χ0v) is 15.6. The molecule has 2 aromatic rings. The highest BCUT2D eigenvalue weighted by Gasteiger charge is 2.37. The van der Waals surface area contributed by atoms with Gasteiger partial charge in [-0.15, -0.1) is 0 Å². The van der Waals surface area contributed by atoms with Crippen LogP contribution < -0.4 is 19.7 Å². The van der Waals surface area contributed by atoms with Crippen LogP contribution in [0.15, 0.2) is 36.4 Å². The molecule has 2 aliphatic heterocycles. The second-order valence-corrected chi connectivity index (χ2v) is 7.54. The largest absolute Gasteiger partial charge is 0.454 e. The fourth-order valence-electron chi connectivity index (χ4n) is 4.27. The highest BCUT2D eigenvalue weighted by atomic mass is 16.7. The first-order chi connectivity index (χ1) is 13.7. The van der Waals surface area contributed by atoms with Gasteiger partial charge in [0.1, 0.15) is 5.92 Å². The molecule has 0 bridgehead atoms. The zero-order valence-electron chi connectivity index (χ0n) is 15.6. The maximum Gasteiger partial charge on any atom is 0.239 e. The Morgan fingerprint density at radius 3 is 2.86 bits per heavy atom. The Morgan fingerprint density at radius 1 is 1.07 bits per heavy atom. The Kier molecular flexibility index (Phi) is 4.19. The Hall–Kier alpha value is -3.02. The van der Waals surface area contributed by atoms with Crippen molar-refractivity contribution in [2.45, 2.75) is 32.2 Å². The standard InChI is InChI=1S/C22H22N2O4/c25-21(23-12-14-4-7-19-20(10-14)28-13-27-19)18-8-9-24(22(18)26)17-6-5-15-2-1-3-16(15)11-17/h4-7,10-11,18H,1-3,8-9,12-13H2,(H,23,25)/t18-/m1/s1. The minimum absolute atomic E-state index is 0.110. The summed E-state index contributed by atoms with van der Waals surface area (Å²) in [5.41, 5.74) is 4.55. The first-order valence-electron chi connectivity index (χ1n) is 9.78. The van der Waals surface area contributed by atoms with E-state index in [0.717, 1.165) is 24.1 Å². The molecule has 6 nitrogen and oxygen atoms in total. The number of carbonyl (C=O) groups excluding carboxylic acids is 2. The number of nitrogens with one attached hydrogen (secondary N) is 1. The van der Waals surface area contributed by atoms with Crippen molar-refractivity contribution >= 4 is 17.5 Å². The molecule has 2 amide bonds. The number of hydrogen-bond donors (Lipinski definition) is 1. The molecule has 0 saturated carbocycles. The molecule has 6 heteroatoms. The van der Waals surface area contributed by atoms with Crippen LogP contribution in [0, 0.1) is 5.92 Å². The minimum Gasteiger partial charge on any atom is -0.454 e. The first kappa shape index (κ1) is 17.1. The van der Waals surface area contributed by atoms with Crippen molar-refractivity contribution < 1.29 is 19.1 Å². The molecule has 1 saturated heterocycles. The highest BCUT2D eigenvalue weighted by Crippen LogP contribution is 2.33. The molecular formula is C22H22N2O4. The average molecular weight is 378 g/mol. The van der Waals surface area contributed by atoms with Crippen LogP contribution in [-0.4, -0.2) is 25.2 Å². The summed E-state index contributed by atoms with van der Waals surface area (Å²) < 4.78 is 10.7. The average Bonchev–Trinajstić information content (AvgIpc) is 3.44. The number of benzene rings is 2. The predicted octanol–water partition coefficient (Wildman–Crippen LogP) is 2.57. The van der Waals surface area contributed by atoms with Crippen LogP contribution in [0.25, 0.3) is 0 Å². The smallest absolute Gasteiger partial charge is 0.239 e. The van der Waals surface area contributed by atoms with Gasteiger partial charge in [0.25, 0.3) is 0 Å². The van der Waals surface area contributed by atoms with Crippen LogP contribution in [0.5, 0.6) is 11.5 Å². The molecule has 1 aliphatic carbocycles. The Labute approximate surface area is 163 Å². The maximum atomic E-state index is 12.8. The van der Waals surface area contributed by atoms with E-state index < -0.39 is 5.92 Å². The van der Waals surface area contributed by atoms with Crippen molar-refractivity contribution in [2.24, 2.45) is 5.92 Å². The van der Waals surface area contributed by atoms with Crippen LogP contribution in [-0.2, 0) is 29.0 Å². The van der Waals surface area contributed by atoms with Crippen molar-refractivity contribution in [1.82, 2.24) is 5.32 Å². The van der Waals surface area contributed by atoms with Crippen LogP contribution in [0.2, 0.25) is 0 Å². The van der Waals surface area contributed by atoms with E-state index in [-0.39, 0.29) is 18.6 Å². The summed E-state index contributed by atoms with van der Waals surface area (Å²) in [4.78, 5) is 27.2. The lowest BCUT2D eigenvalue weighted by Gasteiger charge is -2.18. The van der Waals surface area contributed by atoms with Gasteiger partial charge in [-0.3, -0.25) is 9.59 Å². The highest BCUT2D eigenvalue weighted by molar-refractivity contribution is 6.09. The van der Waals surface area contributed by atoms with Gasteiger partial charge in [0, 0.05) is 18.8 Å². The lowest BCUT2D eigenvalue weighted by atomic mass is 10.1. The predicted molar refractivity (Wildman–Crippen MR) is 103 cm³/mol. The van der Waals surface area contributed by atoms with Crippen molar-refractivity contribution in [3.63, 3.8) is 0 Å². The second kappa shape index (κ2) is 6.86. The number of aryl methyl sites for hydroxylation is 2. The number of nitrogens with zero attached hydrogens (tertiary/aromatic N) is 1. The number of carbonyl (C=O) groups is 2. The first-order valence-corrected chi connectivity index (χ1v) is 9.78. The van der Waals surface area contributed by atoms with Gasteiger partial charge in [-0.05, 0) is 66.6 Å². The Morgan fingerprint density at radius 2 is 1.93 bits per heavy atom. The summed E-state index contributed by atoms with van der Waals surface area (Å²) in [5.74, 6) is 0.451. The van der Waals surface area contributed by atoms with E-state index in [9.17, 15) is 9.59 Å². The molecule has 5 rings (SSSR count). The third kappa shape index (κ3) is 2.99. The molecule has 28 heavy (non-hydrogen) atoms. The third-order valence-electron chi connectivity index (χ3n) is 5.82. The van der Waals surface area contributed by atoms with E-state index in [1.807, 2.05) is 24.3 Å². The van der Waals surface area contributed by atoms with Crippen LogP contribution in [0.3, 0.4) is 0 Å². The second-order valence-electron chi connectivity index (χ2n) is 7.54. The summed E-state index contributed by atoms with van der Waals surface area (Å²) in [6, 6.07) is 11.8. The summed E-state index contributed by atoms with van der Waals surface area (Å²) in [6.45, 7) is 1.16. The summed E-state index contributed by atoms with van der Waals surface area (Å²) in [6.07, 6.45) is 3.92. The van der Waals surface area contributed by atoms with Gasteiger partial charge in [-0.1, -0.05) is 12.1 Å². The molecule has 3 aliphatic rings. The molecule has 0 spiro atoms.